The maximum Gasteiger partial charge on any atom is 0.0809 e. The average molecular weight is 129 g/mol. The molecule has 1 heterocycles. The third-order valence-electron chi connectivity index (χ3n) is 1.41. The zero-order chi connectivity index (χ0) is 6.53. The molecule has 1 unspecified atom stereocenters. The molecule has 0 aromatic heterocycles. The highest BCUT2D eigenvalue weighted by atomic mass is 16.6. The molecule has 0 bridgehead atoms. The predicted molar refractivity (Wildman–Crippen MR) is 35.1 cm³/mol. The summed E-state index contributed by atoms with van der Waals surface area (Å²) in [6, 6.07) is 0. The van der Waals surface area contributed by atoms with Crippen molar-refractivity contribution in [3.8, 4) is 0 Å². The molecular weight excluding hydrogens is 116 g/mol. The van der Waals surface area contributed by atoms with Gasteiger partial charge in [-0.05, 0) is 6.42 Å². The Hall–Kier alpha value is -0.0800. The number of hydrogen-bond donors (Lipinski definition) is 0. The fourth-order valence-corrected chi connectivity index (χ4v) is 0.931. The van der Waals surface area contributed by atoms with Crippen LogP contribution in [0.25, 0.3) is 0 Å². The Morgan fingerprint density at radius 1 is 1.44 bits per heavy atom. The van der Waals surface area contributed by atoms with E-state index < -0.39 is 0 Å². The fraction of sp³-hybridized carbons (Fsp3) is 0.857. The molecule has 1 atom stereocenters. The van der Waals surface area contributed by atoms with Crippen LogP contribution in [0.15, 0.2) is 0 Å². The monoisotopic (exact) mass is 129 g/mol. The van der Waals surface area contributed by atoms with Crippen molar-refractivity contribution >= 4 is 0 Å². The van der Waals surface area contributed by atoms with Crippen molar-refractivity contribution in [3.05, 3.63) is 6.92 Å². The molecule has 0 aromatic carbocycles. The minimum Gasteiger partial charge on any atom is -0.376 e. The topological polar surface area (TPSA) is 18.5 Å². The zero-order valence-corrected chi connectivity index (χ0v) is 5.64. The first-order chi connectivity index (χ1) is 4.43. The molecule has 1 rings (SSSR count). The van der Waals surface area contributed by atoms with E-state index in [1.165, 1.54) is 0 Å². The molecule has 0 N–H and O–H groups in total. The smallest absolute Gasteiger partial charge is 0.0809 e. The summed E-state index contributed by atoms with van der Waals surface area (Å²) >= 11 is 0. The maximum atomic E-state index is 5.35. The van der Waals surface area contributed by atoms with Gasteiger partial charge in [-0.25, -0.2) is 0 Å². The number of rotatable bonds is 2. The van der Waals surface area contributed by atoms with Gasteiger partial charge in [0.05, 0.1) is 25.9 Å². The number of hydrogen-bond acceptors (Lipinski definition) is 2. The molecular formula is C7H13O2. The molecule has 0 aromatic rings. The Morgan fingerprint density at radius 3 is 2.89 bits per heavy atom. The van der Waals surface area contributed by atoms with Crippen LogP contribution in [0.3, 0.4) is 0 Å². The molecule has 1 saturated heterocycles. The lowest BCUT2D eigenvalue weighted by Gasteiger charge is -2.21. The Balaban J connectivity index is 2.08. The molecule has 1 aliphatic heterocycles. The van der Waals surface area contributed by atoms with Crippen molar-refractivity contribution in [1.29, 1.82) is 0 Å². The number of ether oxygens (including phenoxy) is 2. The van der Waals surface area contributed by atoms with E-state index in [9.17, 15) is 0 Å². The first-order valence-corrected chi connectivity index (χ1v) is 3.42. The van der Waals surface area contributed by atoms with Crippen LogP contribution in [0.2, 0.25) is 0 Å². The largest absolute Gasteiger partial charge is 0.376 e. The minimum atomic E-state index is 0.316. The van der Waals surface area contributed by atoms with Gasteiger partial charge in [0.2, 0.25) is 0 Å². The van der Waals surface area contributed by atoms with Crippen LogP contribution in [0.1, 0.15) is 12.8 Å². The lowest BCUT2D eigenvalue weighted by atomic mass is 10.2. The van der Waals surface area contributed by atoms with Crippen molar-refractivity contribution in [3.63, 3.8) is 0 Å². The van der Waals surface area contributed by atoms with Crippen molar-refractivity contribution in [1.82, 2.24) is 0 Å². The Kier molecular flexibility index (Phi) is 3.01. The first-order valence-electron chi connectivity index (χ1n) is 3.42. The van der Waals surface area contributed by atoms with Crippen LogP contribution in [-0.2, 0) is 9.47 Å². The highest BCUT2D eigenvalue weighted by Crippen LogP contribution is 2.06. The van der Waals surface area contributed by atoms with Gasteiger partial charge in [0.25, 0.3) is 0 Å². The Morgan fingerprint density at radius 2 is 2.33 bits per heavy atom. The van der Waals surface area contributed by atoms with E-state index in [1.807, 2.05) is 0 Å². The van der Waals surface area contributed by atoms with Gasteiger partial charge in [-0.15, -0.1) is 0 Å². The molecule has 1 radical (unpaired) electrons. The summed E-state index contributed by atoms with van der Waals surface area (Å²) in [6.45, 7) is 6.02. The summed E-state index contributed by atoms with van der Waals surface area (Å²) < 4.78 is 10.5. The van der Waals surface area contributed by atoms with Crippen LogP contribution < -0.4 is 0 Å². The van der Waals surface area contributed by atoms with Crippen molar-refractivity contribution in [2.45, 2.75) is 18.9 Å². The van der Waals surface area contributed by atoms with Crippen molar-refractivity contribution in [2.75, 3.05) is 19.8 Å². The van der Waals surface area contributed by atoms with Gasteiger partial charge in [-0.2, -0.15) is 0 Å². The highest BCUT2D eigenvalue weighted by molar-refractivity contribution is 4.60. The van der Waals surface area contributed by atoms with Gasteiger partial charge in [0, 0.05) is 0 Å². The molecule has 53 valence electrons. The first kappa shape index (κ1) is 7.03. The minimum absolute atomic E-state index is 0.316. The quantitative estimate of drug-likeness (QED) is 0.554. The normalized spacial score (nSPS) is 28.3. The third-order valence-corrected chi connectivity index (χ3v) is 1.41. The maximum absolute atomic E-state index is 5.35. The van der Waals surface area contributed by atoms with E-state index in [1.54, 1.807) is 0 Å². The second-order valence-electron chi connectivity index (χ2n) is 2.21. The van der Waals surface area contributed by atoms with Gasteiger partial charge in [0.1, 0.15) is 0 Å². The molecule has 1 fully saturated rings. The molecule has 9 heavy (non-hydrogen) atoms. The van der Waals surface area contributed by atoms with Gasteiger partial charge >= 0.3 is 0 Å². The fourth-order valence-electron chi connectivity index (χ4n) is 0.931. The van der Waals surface area contributed by atoms with E-state index in [-0.39, 0.29) is 0 Å². The highest BCUT2D eigenvalue weighted by Gasteiger charge is 2.11. The van der Waals surface area contributed by atoms with E-state index in [2.05, 4.69) is 6.92 Å². The molecule has 2 heteroatoms. The van der Waals surface area contributed by atoms with Crippen LogP contribution in [0.5, 0.6) is 0 Å². The lowest BCUT2D eigenvalue weighted by molar-refractivity contribution is -0.0901. The van der Waals surface area contributed by atoms with Crippen LogP contribution in [-0.4, -0.2) is 25.9 Å². The van der Waals surface area contributed by atoms with E-state index in [4.69, 9.17) is 9.47 Å². The summed E-state index contributed by atoms with van der Waals surface area (Å²) in [5.74, 6) is 0. The molecule has 1 aliphatic rings. The molecule has 0 aliphatic carbocycles. The lowest BCUT2D eigenvalue weighted by Crippen LogP contribution is -2.28. The predicted octanol–water partition coefficient (Wildman–Crippen LogP) is 1.02. The second kappa shape index (κ2) is 3.85. The van der Waals surface area contributed by atoms with E-state index in [0.717, 1.165) is 32.7 Å². The van der Waals surface area contributed by atoms with Gasteiger partial charge < -0.3 is 9.47 Å². The van der Waals surface area contributed by atoms with E-state index in [0.29, 0.717) is 6.10 Å². The van der Waals surface area contributed by atoms with Gasteiger partial charge in [0.15, 0.2) is 0 Å². The third kappa shape index (κ3) is 2.33. The summed E-state index contributed by atoms with van der Waals surface area (Å²) in [5.41, 5.74) is 0. The summed E-state index contributed by atoms with van der Waals surface area (Å²) in [7, 11) is 0. The van der Waals surface area contributed by atoms with Crippen molar-refractivity contribution in [2.24, 2.45) is 0 Å². The van der Waals surface area contributed by atoms with Crippen LogP contribution >= 0.6 is 0 Å². The molecule has 0 amide bonds. The summed E-state index contributed by atoms with van der Waals surface area (Å²) in [4.78, 5) is 0. The van der Waals surface area contributed by atoms with Crippen LogP contribution in [0, 0.1) is 6.92 Å². The SMILES string of the molecule is [CH2]CCC1COCCO1. The zero-order valence-electron chi connectivity index (χ0n) is 5.64. The average Bonchev–Trinajstić information content (AvgIpc) is 1.91. The molecule has 2 nitrogen and oxygen atoms in total. The van der Waals surface area contributed by atoms with Gasteiger partial charge in [-0.3, -0.25) is 0 Å². The second-order valence-corrected chi connectivity index (χ2v) is 2.21. The van der Waals surface area contributed by atoms with Gasteiger partial charge in [-0.1, -0.05) is 13.3 Å². The summed E-state index contributed by atoms with van der Waals surface area (Å²) in [6.07, 6.45) is 2.28. The standard InChI is InChI=1S/C7H13O2/c1-2-3-7-6-8-4-5-9-7/h7H,1-6H2. The Bertz CT molecular complexity index is 64.6. The van der Waals surface area contributed by atoms with Crippen molar-refractivity contribution < 1.29 is 9.47 Å². The van der Waals surface area contributed by atoms with Crippen LogP contribution in [0.4, 0.5) is 0 Å². The Labute approximate surface area is 56.2 Å². The molecule has 0 spiro atoms. The summed E-state index contributed by atoms with van der Waals surface area (Å²) in [5, 5.41) is 0. The molecule has 0 saturated carbocycles. The van der Waals surface area contributed by atoms with E-state index >= 15 is 0 Å².